The Kier molecular flexibility index (Phi) is 5.01. The van der Waals surface area contributed by atoms with Crippen molar-refractivity contribution in [1.82, 2.24) is 10.2 Å². The lowest BCUT2D eigenvalue weighted by Gasteiger charge is -2.26. The number of rotatable bonds is 4. The summed E-state index contributed by atoms with van der Waals surface area (Å²) in [5.41, 5.74) is 0.737. The Hall–Kier alpha value is -0.610. The number of nitrogens with one attached hydrogen (secondary N) is 1. The molecule has 0 unspecified atom stereocenters. The minimum atomic E-state index is 0.159. The first-order chi connectivity index (χ1) is 8.66. The third-order valence-electron chi connectivity index (χ3n) is 3.05. The predicted octanol–water partition coefficient (Wildman–Crippen LogP) is 2.01. The van der Waals surface area contributed by atoms with Crippen LogP contribution in [-0.4, -0.2) is 43.4 Å². The minimum absolute atomic E-state index is 0.159. The smallest absolute Gasteiger partial charge is 0.151 e. The molecule has 3 nitrogen and oxygen atoms in total. The third kappa shape index (κ3) is 3.69. The number of benzene rings is 1. The number of nitrogens with zero attached hydrogens (tertiary/aromatic N) is 1. The standard InChI is InChI=1S/C13H16Cl2N2O/c14-12-2-1-3-13(15)11(12)8-10(18)9-17-6-4-16-5-7-17/h1-3,16H,4-9H2. The molecular formula is C13H16Cl2N2O. The molecule has 2 rings (SSSR count). The monoisotopic (exact) mass is 286 g/mol. The molecule has 0 spiro atoms. The van der Waals surface area contributed by atoms with E-state index in [9.17, 15) is 4.79 Å². The highest BCUT2D eigenvalue weighted by Gasteiger charge is 2.16. The minimum Gasteiger partial charge on any atom is -0.314 e. The summed E-state index contributed by atoms with van der Waals surface area (Å²) in [6.07, 6.45) is 0.308. The van der Waals surface area contributed by atoms with Crippen molar-refractivity contribution >= 4 is 29.0 Å². The lowest BCUT2D eigenvalue weighted by atomic mass is 10.1. The first-order valence-corrected chi connectivity index (χ1v) is 6.80. The first kappa shape index (κ1) is 13.8. The topological polar surface area (TPSA) is 32.3 Å². The van der Waals surface area contributed by atoms with E-state index in [1.165, 1.54) is 0 Å². The Morgan fingerprint density at radius 2 is 1.83 bits per heavy atom. The number of hydrogen-bond donors (Lipinski definition) is 1. The van der Waals surface area contributed by atoms with Gasteiger partial charge in [-0.3, -0.25) is 9.69 Å². The van der Waals surface area contributed by atoms with Crippen molar-refractivity contribution < 1.29 is 4.79 Å². The van der Waals surface area contributed by atoms with Gasteiger partial charge in [-0.2, -0.15) is 0 Å². The van der Waals surface area contributed by atoms with Gasteiger partial charge in [-0.1, -0.05) is 29.3 Å². The van der Waals surface area contributed by atoms with E-state index in [0.29, 0.717) is 23.0 Å². The van der Waals surface area contributed by atoms with Crippen LogP contribution in [0, 0.1) is 0 Å². The van der Waals surface area contributed by atoms with Gasteiger partial charge in [-0.25, -0.2) is 0 Å². The Labute approximate surface area is 117 Å². The molecule has 1 N–H and O–H groups in total. The van der Waals surface area contributed by atoms with E-state index in [1.54, 1.807) is 18.2 Å². The van der Waals surface area contributed by atoms with Crippen LogP contribution in [-0.2, 0) is 11.2 Å². The van der Waals surface area contributed by atoms with Gasteiger partial charge in [0.2, 0.25) is 0 Å². The summed E-state index contributed by atoms with van der Waals surface area (Å²) in [6.45, 7) is 4.20. The maximum absolute atomic E-state index is 12.0. The van der Waals surface area contributed by atoms with Crippen LogP contribution < -0.4 is 5.32 Å². The molecule has 0 bridgehead atoms. The summed E-state index contributed by atoms with van der Waals surface area (Å²) < 4.78 is 0. The van der Waals surface area contributed by atoms with Gasteiger partial charge in [-0.05, 0) is 17.7 Å². The van der Waals surface area contributed by atoms with E-state index in [1.807, 2.05) is 0 Å². The molecule has 0 radical (unpaired) electrons. The van der Waals surface area contributed by atoms with Gasteiger partial charge in [-0.15, -0.1) is 0 Å². The molecule has 1 fully saturated rings. The Bertz CT molecular complexity index is 411. The number of carbonyl (C=O) groups excluding carboxylic acids is 1. The summed E-state index contributed by atoms with van der Waals surface area (Å²) >= 11 is 12.1. The molecule has 0 aliphatic carbocycles. The molecule has 18 heavy (non-hydrogen) atoms. The summed E-state index contributed by atoms with van der Waals surface area (Å²) in [5, 5.41) is 4.39. The average Bonchev–Trinajstić information content (AvgIpc) is 2.35. The number of ketones is 1. The second kappa shape index (κ2) is 6.53. The molecule has 0 aromatic heterocycles. The maximum Gasteiger partial charge on any atom is 0.151 e. The summed E-state index contributed by atoms with van der Waals surface area (Å²) in [7, 11) is 0. The van der Waals surface area contributed by atoms with Gasteiger partial charge in [0.15, 0.2) is 5.78 Å². The zero-order chi connectivity index (χ0) is 13.0. The van der Waals surface area contributed by atoms with Gasteiger partial charge in [0.25, 0.3) is 0 Å². The zero-order valence-electron chi connectivity index (χ0n) is 10.1. The molecule has 1 heterocycles. The van der Waals surface area contributed by atoms with Crippen molar-refractivity contribution in [3.05, 3.63) is 33.8 Å². The highest BCUT2D eigenvalue weighted by atomic mass is 35.5. The molecule has 1 aliphatic heterocycles. The molecule has 0 saturated carbocycles. The molecule has 1 aliphatic rings. The van der Waals surface area contributed by atoms with Crippen LogP contribution in [0.1, 0.15) is 5.56 Å². The van der Waals surface area contributed by atoms with E-state index in [0.717, 1.165) is 31.7 Å². The van der Waals surface area contributed by atoms with E-state index in [4.69, 9.17) is 23.2 Å². The second-order valence-corrected chi connectivity index (χ2v) is 5.26. The molecule has 98 valence electrons. The largest absolute Gasteiger partial charge is 0.314 e. The predicted molar refractivity (Wildman–Crippen MR) is 74.5 cm³/mol. The quantitative estimate of drug-likeness (QED) is 0.919. The SMILES string of the molecule is O=C(Cc1c(Cl)cccc1Cl)CN1CCNCC1. The van der Waals surface area contributed by atoms with Gasteiger partial charge >= 0.3 is 0 Å². The van der Waals surface area contributed by atoms with E-state index in [-0.39, 0.29) is 5.78 Å². The van der Waals surface area contributed by atoms with Gasteiger partial charge in [0, 0.05) is 42.6 Å². The van der Waals surface area contributed by atoms with E-state index >= 15 is 0 Å². The van der Waals surface area contributed by atoms with Crippen molar-refractivity contribution in [2.24, 2.45) is 0 Å². The number of piperazine rings is 1. The molecular weight excluding hydrogens is 271 g/mol. The average molecular weight is 287 g/mol. The molecule has 1 saturated heterocycles. The fourth-order valence-corrected chi connectivity index (χ4v) is 2.60. The highest BCUT2D eigenvalue weighted by Crippen LogP contribution is 2.24. The molecule has 1 aromatic rings. The van der Waals surface area contributed by atoms with Crippen molar-refractivity contribution in [1.29, 1.82) is 0 Å². The highest BCUT2D eigenvalue weighted by molar-refractivity contribution is 6.36. The van der Waals surface area contributed by atoms with Crippen LogP contribution >= 0.6 is 23.2 Å². The summed E-state index contributed by atoms with van der Waals surface area (Å²) in [6, 6.07) is 5.32. The first-order valence-electron chi connectivity index (χ1n) is 6.04. The van der Waals surface area contributed by atoms with Crippen molar-refractivity contribution in [2.75, 3.05) is 32.7 Å². The molecule has 0 atom stereocenters. The Morgan fingerprint density at radius 3 is 2.44 bits per heavy atom. The summed E-state index contributed by atoms with van der Waals surface area (Å²) in [4.78, 5) is 14.2. The molecule has 1 aromatic carbocycles. The second-order valence-electron chi connectivity index (χ2n) is 4.44. The van der Waals surface area contributed by atoms with Crippen LogP contribution in [0.5, 0.6) is 0 Å². The van der Waals surface area contributed by atoms with Crippen molar-refractivity contribution in [3.8, 4) is 0 Å². The maximum atomic E-state index is 12.0. The van der Waals surface area contributed by atoms with Gasteiger partial charge in [0.05, 0.1) is 6.54 Å². The summed E-state index contributed by atoms with van der Waals surface area (Å²) in [5.74, 6) is 0.159. The Morgan fingerprint density at radius 1 is 1.22 bits per heavy atom. The van der Waals surface area contributed by atoms with Crippen LogP contribution in [0.4, 0.5) is 0 Å². The van der Waals surface area contributed by atoms with Crippen molar-refractivity contribution in [3.63, 3.8) is 0 Å². The zero-order valence-corrected chi connectivity index (χ0v) is 11.6. The van der Waals surface area contributed by atoms with Gasteiger partial charge < -0.3 is 5.32 Å². The lowest BCUT2D eigenvalue weighted by Crippen LogP contribution is -2.45. The van der Waals surface area contributed by atoms with Crippen LogP contribution in [0.25, 0.3) is 0 Å². The fourth-order valence-electron chi connectivity index (χ4n) is 2.07. The molecule has 5 heteroatoms. The van der Waals surface area contributed by atoms with Gasteiger partial charge in [0.1, 0.15) is 0 Å². The number of halogens is 2. The van der Waals surface area contributed by atoms with Crippen molar-refractivity contribution in [2.45, 2.75) is 6.42 Å². The Balaban J connectivity index is 1.94. The van der Waals surface area contributed by atoms with E-state index < -0.39 is 0 Å². The number of Topliss-reactive ketones (excluding diaryl/α,β-unsaturated/α-hetero) is 1. The number of carbonyl (C=O) groups is 1. The van der Waals surface area contributed by atoms with Crippen LogP contribution in [0.15, 0.2) is 18.2 Å². The van der Waals surface area contributed by atoms with Crippen LogP contribution in [0.2, 0.25) is 10.0 Å². The molecule has 0 amide bonds. The number of hydrogen-bond acceptors (Lipinski definition) is 3. The lowest BCUT2D eigenvalue weighted by molar-refractivity contribution is -0.119. The fraction of sp³-hybridized carbons (Fsp3) is 0.462. The van der Waals surface area contributed by atoms with Crippen LogP contribution in [0.3, 0.4) is 0 Å². The van der Waals surface area contributed by atoms with E-state index in [2.05, 4.69) is 10.2 Å². The third-order valence-corrected chi connectivity index (χ3v) is 3.75. The normalized spacial score (nSPS) is 16.8.